The van der Waals surface area contributed by atoms with Crippen LogP contribution in [0.2, 0.25) is 0 Å². The molecule has 0 aliphatic carbocycles. The molecule has 1 rings (SSSR count). The molecule has 0 atom stereocenters. The predicted molar refractivity (Wildman–Crippen MR) is 48.4 cm³/mol. The van der Waals surface area contributed by atoms with Crippen LogP contribution in [0.25, 0.3) is 0 Å². The molecule has 0 saturated heterocycles. The molecule has 0 fully saturated rings. The number of hydrogen-bond acceptors (Lipinski definition) is 0. The van der Waals surface area contributed by atoms with Crippen molar-refractivity contribution in [3.8, 4) is 0 Å². The van der Waals surface area contributed by atoms with E-state index in [4.69, 9.17) is 0 Å². The molecule has 0 radical (unpaired) electrons. The molecule has 0 unspecified atom stereocenters. The van der Waals surface area contributed by atoms with Crippen LogP contribution in [0.4, 0.5) is 0 Å². The van der Waals surface area contributed by atoms with Crippen molar-refractivity contribution in [1.82, 2.24) is 0 Å². The van der Waals surface area contributed by atoms with Gasteiger partial charge in [-0.05, 0) is 0 Å². The second-order valence-corrected chi connectivity index (χ2v) is 2.52. The summed E-state index contributed by atoms with van der Waals surface area (Å²) >= 11 is 4.25. The second-order valence-electron chi connectivity index (χ2n) is 2.52. The number of benzene rings is 1. The molecule has 1 aromatic rings. The van der Waals surface area contributed by atoms with Gasteiger partial charge in [0, 0.05) is 0 Å². The standard InChI is InChI=1S/C9H11.BrH.Zn/c1-7-4-8(2)6-9(3)5-7;;/h4-5H,1-3H3;1H;/q-1;;+2/p-1. The van der Waals surface area contributed by atoms with Crippen LogP contribution in [0, 0.1) is 26.8 Å². The summed E-state index contributed by atoms with van der Waals surface area (Å²) < 4.78 is 0. The molecular formula is C9H11BrZn. The van der Waals surface area contributed by atoms with Gasteiger partial charge in [0.1, 0.15) is 0 Å². The van der Waals surface area contributed by atoms with Crippen molar-refractivity contribution in [2.75, 3.05) is 0 Å². The summed E-state index contributed by atoms with van der Waals surface area (Å²) in [6, 6.07) is 7.47. The average Bonchev–Trinajstić information content (AvgIpc) is 1.88. The van der Waals surface area contributed by atoms with E-state index in [1.165, 1.54) is 33.0 Å². The van der Waals surface area contributed by atoms with Gasteiger partial charge in [0.25, 0.3) is 0 Å². The van der Waals surface area contributed by atoms with E-state index >= 15 is 0 Å². The molecule has 0 heterocycles. The Morgan fingerprint density at radius 3 is 1.73 bits per heavy atom. The summed E-state index contributed by atoms with van der Waals surface area (Å²) in [7, 11) is 0. The topological polar surface area (TPSA) is 0 Å². The molecule has 11 heavy (non-hydrogen) atoms. The van der Waals surface area contributed by atoms with E-state index in [-0.39, 0.29) is 0 Å². The van der Waals surface area contributed by atoms with E-state index in [9.17, 15) is 0 Å². The summed E-state index contributed by atoms with van der Waals surface area (Å²) in [6.45, 7) is 6.24. The summed E-state index contributed by atoms with van der Waals surface area (Å²) in [5.74, 6) is 0. The van der Waals surface area contributed by atoms with Crippen LogP contribution in [0.15, 0.2) is 12.1 Å². The van der Waals surface area contributed by atoms with E-state index < -0.39 is 0 Å². The van der Waals surface area contributed by atoms with Crippen molar-refractivity contribution >= 4 is 13.6 Å². The molecule has 0 aliphatic heterocycles. The third kappa shape index (κ3) is 4.71. The van der Waals surface area contributed by atoms with Crippen molar-refractivity contribution in [1.29, 1.82) is 0 Å². The van der Waals surface area contributed by atoms with Gasteiger partial charge in [0.05, 0.1) is 0 Å². The molecule has 0 N–H and O–H groups in total. The van der Waals surface area contributed by atoms with Gasteiger partial charge in [0.2, 0.25) is 0 Å². The van der Waals surface area contributed by atoms with Crippen LogP contribution in [-0.4, -0.2) is 0 Å². The fourth-order valence-corrected chi connectivity index (χ4v) is 1.11. The number of aryl methyl sites for hydroxylation is 3. The summed E-state index contributed by atoms with van der Waals surface area (Å²) in [5, 5.41) is 0. The van der Waals surface area contributed by atoms with Crippen molar-refractivity contribution < 1.29 is 16.3 Å². The SMILES string of the molecule is Cc1[c-]c(C)cc(C)c1.[Zn+][Br]. The van der Waals surface area contributed by atoms with Gasteiger partial charge in [-0.25, -0.2) is 0 Å². The minimum absolute atomic E-state index is 1.19. The van der Waals surface area contributed by atoms with Gasteiger partial charge in [-0.1, -0.05) is 20.8 Å². The Morgan fingerprint density at radius 1 is 1.09 bits per heavy atom. The van der Waals surface area contributed by atoms with Crippen LogP contribution in [0.3, 0.4) is 0 Å². The van der Waals surface area contributed by atoms with Gasteiger partial charge in [-0.2, -0.15) is 34.9 Å². The minimum atomic E-state index is 1.19. The van der Waals surface area contributed by atoms with E-state index in [0.29, 0.717) is 0 Å². The third-order valence-corrected chi connectivity index (χ3v) is 1.28. The van der Waals surface area contributed by atoms with E-state index in [0.717, 1.165) is 0 Å². The zero-order valence-corrected chi connectivity index (χ0v) is 11.8. The van der Waals surface area contributed by atoms with Crippen LogP contribution in [0.5, 0.6) is 0 Å². The van der Waals surface area contributed by atoms with Gasteiger partial charge in [-0.3, -0.25) is 0 Å². The normalized spacial score (nSPS) is 8.55. The van der Waals surface area contributed by atoms with Crippen molar-refractivity contribution in [3.63, 3.8) is 0 Å². The fraction of sp³-hybridized carbons (Fsp3) is 0.333. The molecule has 0 spiro atoms. The molecule has 0 saturated carbocycles. The van der Waals surface area contributed by atoms with Crippen LogP contribution < -0.4 is 0 Å². The first-order chi connectivity index (χ1) is 5.18. The maximum absolute atomic E-state index is 3.21. The first kappa shape index (κ1) is 11.3. The molecule has 0 aromatic heterocycles. The van der Waals surface area contributed by atoms with E-state index in [1.807, 2.05) is 0 Å². The first-order valence-electron chi connectivity index (χ1n) is 3.42. The van der Waals surface area contributed by atoms with Crippen molar-refractivity contribution in [2.45, 2.75) is 20.8 Å². The molecule has 1 aromatic carbocycles. The van der Waals surface area contributed by atoms with Crippen molar-refractivity contribution in [3.05, 3.63) is 34.9 Å². The number of rotatable bonds is 0. The predicted octanol–water partition coefficient (Wildman–Crippen LogP) is 3.26. The fourth-order valence-electron chi connectivity index (χ4n) is 1.11. The second kappa shape index (κ2) is 5.91. The van der Waals surface area contributed by atoms with E-state index in [1.54, 1.807) is 0 Å². The van der Waals surface area contributed by atoms with Crippen LogP contribution >= 0.6 is 13.6 Å². The Hall–Kier alpha value is 0.323. The Morgan fingerprint density at radius 2 is 1.45 bits per heavy atom. The Kier molecular flexibility index (Phi) is 6.08. The summed E-state index contributed by atoms with van der Waals surface area (Å²) in [4.78, 5) is 0. The molecule has 0 bridgehead atoms. The monoisotopic (exact) mass is 262 g/mol. The van der Waals surface area contributed by atoms with Crippen LogP contribution in [0.1, 0.15) is 16.7 Å². The molecule has 2 heteroatoms. The Bertz CT molecular complexity index is 170. The Balaban J connectivity index is 0.000000461. The maximum atomic E-state index is 3.21. The van der Waals surface area contributed by atoms with Gasteiger partial charge < -0.3 is 0 Å². The molecule has 0 amide bonds. The quantitative estimate of drug-likeness (QED) is 0.498. The molecule has 56 valence electrons. The Labute approximate surface area is 85.4 Å². The van der Waals surface area contributed by atoms with Gasteiger partial charge in [0.15, 0.2) is 0 Å². The summed E-state index contributed by atoms with van der Waals surface area (Å²) in [5.41, 5.74) is 3.78. The van der Waals surface area contributed by atoms with Gasteiger partial charge >= 0.3 is 30.0 Å². The third-order valence-electron chi connectivity index (χ3n) is 1.28. The average molecular weight is 264 g/mol. The molecule has 0 nitrogen and oxygen atoms in total. The zero-order chi connectivity index (χ0) is 8.85. The van der Waals surface area contributed by atoms with Crippen LogP contribution in [-0.2, 0) is 16.3 Å². The van der Waals surface area contributed by atoms with E-state index in [2.05, 4.69) is 52.6 Å². The number of hydrogen-bond donors (Lipinski definition) is 0. The number of halogens is 1. The molecule has 0 aliphatic rings. The van der Waals surface area contributed by atoms with Crippen molar-refractivity contribution in [2.24, 2.45) is 0 Å². The molecular weight excluding hydrogens is 253 g/mol. The zero-order valence-electron chi connectivity index (χ0n) is 7.24. The summed E-state index contributed by atoms with van der Waals surface area (Å²) in [6.07, 6.45) is 0. The van der Waals surface area contributed by atoms with Gasteiger partial charge in [-0.15, -0.1) is 0 Å². The first-order valence-corrected chi connectivity index (χ1v) is 10.4.